The highest BCUT2D eigenvalue weighted by molar-refractivity contribution is 5.87. The van der Waals surface area contributed by atoms with E-state index in [0.29, 0.717) is 63.3 Å². The Hall–Kier alpha value is -1.85. The Bertz CT molecular complexity index is 2520. The van der Waals surface area contributed by atoms with E-state index in [-0.39, 0.29) is 32.5 Å². The van der Waals surface area contributed by atoms with Crippen molar-refractivity contribution in [2.45, 2.75) is 387 Å². The van der Waals surface area contributed by atoms with Crippen LogP contribution < -0.4 is 0 Å². The monoisotopic (exact) mass is 1330 g/mol. The molecule has 0 heterocycles. The second kappa shape index (κ2) is 28.7. The maximum atomic E-state index is 13.2. The number of amides is 1. The number of hydrogen-bond donors (Lipinski definition) is 0. The van der Waals surface area contributed by atoms with Gasteiger partial charge in [0.25, 0.3) is 0 Å². The first-order valence-electron chi connectivity index (χ1n) is 42.1. The molecule has 1 amide bonds. The summed E-state index contributed by atoms with van der Waals surface area (Å²) in [5.74, 6) is 17.6. The highest BCUT2D eigenvalue weighted by atomic mass is 16.2. The Balaban J connectivity index is 0.000000122. The van der Waals surface area contributed by atoms with Crippen molar-refractivity contribution in [1.29, 1.82) is 0 Å². The van der Waals surface area contributed by atoms with Gasteiger partial charge in [-0.3, -0.25) is 24.0 Å². The molecule has 0 N–H and O–H groups in total. The minimum atomic E-state index is 0.0310. The third-order valence-corrected chi connectivity index (χ3v) is 29.8. The summed E-state index contributed by atoms with van der Waals surface area (Å²) in [4.78, 5) is 67.0. The molecule has 20 fully saturated rings. The van der Waals surface area contributed by atoms with Crippen LogP contribution in [-0.4, -0.2) is 46.0 Å². The van der Waals surface area contributed by atoms with Gasteiger partial charge >= 0.3 is 0 Å². The SMILES string of the molecule is CC(C)(C)CC(C)(C)CC(=O)C12CC3CC(CC(C3)C1)C2.CC(C)(C)CCC(=O)C12CC3CC(CC(C3)C1)C2.CC(C)(C)CCCC(=O)C12CC3CC(CC(C3)C1)C2.CC(C)CC(C)CC(=O)C12CC3CC(CC(C3)C1)C2.CC(C)N(C(=O)C12CC3CC(CC(C3)C1)C2)C(C)C. The second-order valence-corrected chi connectivity index (χ2v) is 45.1. The van der Waals surface area contributed by atoms with Crippen LogP contribution in [-0.2, 0) is 24.0 Å². The van der Waals surface area contributed by atoms with E-state index in [9.17, 15) is 24.0 Å². The van der Waals surface area contributed by atoms with E-state index in [0.717, 1.165) is 140 Å². The first-order valence-corrected chi connectivity index (χ1v) is 42.1. The average molecular weight is 1330 g/mol. The Labute approximate surface area is 591 Å². The van der Waals surface area contributed by atoms with Crippen LogP contribution in [0.3, 0.4) is 0 Å². The summed E-state index contributed by atoms with van der Waals surface area (Å²) >= 11 is 0. The molecule has 20 rings (SSSR count). The number of carbonyl (C=O) groups excluding carboxylic acids is 5. The molecule has 6 heteroatoms. The minimum Gasteiger partial charge on any atom is -0.337 e. The molecule has 0 spiro atoms. The van der Waals surface area contributed by atoms with Crippen molar-refractivity contribution in [3.63, 3.8) is 0 Å². The largest absolute Gasteiger partial charge is 0.337 e. The van der Waals surface area contributed by atoms with Gasteiger partial charge in [0.1, 0.15) is 23.1 Å². The summed E-state index contributed by atoms with van der Waals surface area (Å²) in [6.45, 7) is 40.6. The number of ketones is 4. The maximum Gasteiger partial charge on any atom is 0.229 e. The molecule has 20 bridgehead atoms. The molecule has 0 aromatic carbocycles. The third-order valence-electron chi connectivity index (χ3n) is 29.8. The van der Waals surface area contributed by atoms with Crippen LogP contribution in [0.4, 0.5) is 0 Å². The van der Waals surface area contributed by atoms with E-state index in [4.69, 9.17) is 0 Å². The second-order valence-electron chi connectivity index (χ2n) is 45.1. The van der Waals surface area contributed by atoms with Gasteiger partial charge in [0.2, 0.25) is 5.91 Å². The van der Waals surface area contributed by atoms with Gasteiger partial charge in [-0.15, -0.1) is 0 Å². The molecular formula is C90H151NO5. The number of Topliss-reactive ketones (excluding diaryl/α,β-unsaturated/α-hetero) is 4. The Morgan fingerprint density at radius 2 is 0.594 bits per heavy atom. The van der Waals surface area contributed by atoms with Crippen molar-refractivity contribution >= 4 is 29.0 Å². The lowest BCUT2D eigenvalue weighted by Gasteiger charge is -2.57. The maximum absolute atomic E-state index is 13.2. The normalized spacial score (nSPS) is 40.7. The summed E-state index contributed by atoms with van der Waals surface area (Å²) in [6, 6.07) is 0.668. The van der Waals surface area contributed by atoms with Gasteiger partial charge in [0, 0.05) is 59.4 Å². The molecule has 96 heavy (non-hydrogen) atoms. The fourth-order valence-electron chi connectivity index (χ4n) is 28.9. The van der Waals surface area contributed by atoms with E-state index >= 15 is 0 Å². The number of hydrogen-bond acceptors (Lipinski definition) is 5. The van der Waals surface area contributed by atoms with Gasteiger partial charge in [0.05, 0.1) is 5.41 Å². The molecule has 0 aromatic heterocycles. The minimum absolute atomic E-state index is 0.0310. The zero-order valence-electron chi connectivity index (χ0n) is 66.0. The van der Waals surface area contributed by atoms with Crippen LogP contribution >= 0.6 is 0 Å². The number of carbonyl (C=O) groups is 5. The van der Waals surface area contributed by atoms with Crippen molar-refractivity contribution in [2.24, 2.45) is 149 Å². The van der Waals surface area contributed by atoms with E-state index in [1.54, 1.807) is 0 Å². The first kappa shape index (κ1) is 75.3. The predicted molar refractivity (Wildman–Crippen MR) is 398 cm³/mol. The summed E-state index contributed by atoms with van der Waals surface area (Å²) < 4.78 is 0. The molecule has 1 unspecified atom stereocenters. The lowest BCUT2D eigenvalue weighted by molar-refractivity contribution is -0.161. The predicted octanol–water partition coefficient (Wildman–Crippen LogP) is 23.9. The molecule has 546 valence electrons. The standard InChI is InChI=1S/C20H34O.2C18H30O.C17H29NO.C17H28O/c1-18(2,3)13-19(4,5)12-17(21)20-9-14-6-15(10-20)8-16(7-14)11-20;1-12(2)4-13(3)5-17(19)18-9-14-6-15(10-18)8-16(7-14)11-18;1-17(2,3)6-4-5-16(19)18-10-13-7-14(11-18)9-15(8-13)12-18;1-11(2)18(12(3)4)16(19)17-8-13-5-14(9-17)7-15(6-13)10-17;1-16(2,3)5-4-15(18)17-9-12-6-13(10-17)8-14(7-12)11-17/h14-16H,6-13H2,1-5H3;12-16H,4-11H2,1-3H3;13-15H,4-12H2,1-3H3;11-15H,5-10H2,1-4H3;12-14H,4-11H2,1-3H3. The average Bonchev–Trinajstić information content (AvgIpc) is 0.768. The van der Waals surface area contributed by atoms with Gasteiger partial charge in [-0.25, -0.2) is 0 Å². The van der Waals surface area contributed by atoms with Crippen LogP contribution in [0.25, 0.3) is 0 Å². The van der Waals surface area contributed by atoms with Crippen LogP contribution in [0.1, 0.15) is 375 Å². The van der Waals surface area contributed by atoms with E-state index < -0.39 is 0 Å². The Morgan fingerprint density at radius 1 is 0.333 bits per heavy atom. The molecule has 20 aliphatic carbocycles. The van der Waals surface area contributed by atoms with Crippen molar-refractivity contribution in [3.8, 4) is 0 Å². The van der Waals surface area contributed by atoms with Crippen LogP contribution in [0.15, 0.2) is 0 Å². The van der Waals surface area contributed by atoms with Crippen molar-refractivity contribution in [2.75, 3.05) is 0 Å². The molecule has 20 aliphatic rings. The highest BCUT2D eigenvalue weighted by Gasteiger charge is 2.60. The van der Waals surface area contributed by atoms with Gasteiger partial charge in [0.15, 0.2) is 0 Å². The van der Waals surface area contributed by atoms with Gasteiger partial charge in [-0.2, -0.15) is 0 Å². The van der Waals surface area contributed by atoms with E-state index in [1.807, 2.05) is 0 Å². The topological polar surface area (TPSA) is 88.6 Å². The van der Waals surface area contributed by atoms with Crippen molar-refractivity contribution in [1.82, 2.24) is 4.90 Å². The zero-order chi connectivity index (χ0) is 69.5. The molecule has 20 saturated carbocycles. The lowest BCUT2D eigenvalue weighted by Crippen LogP contribution is -2.57. The summed E-state index contributed by atoms with van der Waals surface area (Å²) in [7, 11) is 0. The Kier molecular flexibility index (Phi) is 22.5. The molecule has 0 radical (unpaired) electrons. The molecular weight excluding hydrogens is 1170 g/mol. The van der Waals surface area contributed by atoms with Crippen LogP contribution in [0.5, 0.6) is 0 Å². The third kappa shape index (κ3) is 17.8. The molecule has 0 aromatic rings. The fraction of sp³-hybridized carbons (Fsp3) is 0.944. The smallest absolute Gasteiger partial charge is 0.229 e. The highest BCUT2D eigenvalue weighted by Crippen LogP contribution is 2.66. The number of rotatable bonds is 19. The lowest BCUT2D eigenvalue weighted by atomic mass is 9.48. The van der Waals surface area contributed by atoms with Gasteiger partial charge < -0.3 is 4.90 Å². The van der Waals surface area contributed by atoms with E-state index in [2.05, 4.69) is 130 Å². The fourth-order valence-corrected chi connectivity index (χ4v) is 28.9. The number of nitrogens with zero attached hydrogens (tertiary/aromatic N) is 1. The molecule has 0 saturated heterocycles. The first-order chi connectivity index (χ1) is 44.7. The molecule has 1 atom stereocenters. The van der Waals surface area contributed by atoms with Crippen molar-refractivity contribution < 1.29 is 24.0 Å². The summed E-state index contributed by atoms with van der Waals surface area (Å²) in [6.07, 6.45) is 48.9. The van der Waals surface area contributed by atoms with Crippen LogP contribution in [0, 0.1) is 149 Å². The van der Waals surface area contributed by atoms with Crippen molar-refractivity contribution in [3.05, 3.63) is 0 Å². The quantitative estimate of drug-likeness (QED) is 0.129. The summed E-state index contributed by atoms with van der Waals surface area (Å²) in [5, 5.41) is 0. The zero-order valence-corrected chi connectivity index (χ0v) is 66.0. The molecule has 6 nitrogen and oxygen atoms in total. The molecule has 0 aliphatic heterocycles. The van der Waals surface area contributed by atoms with Gasteiger partial charge in [-0.1, -0.05) is 96.9 Å². The van der Waals surface area contributed by atoms with Crippen LogP contribution in [0.2, 0.25) is 0 Å². The Morgan fingerprint density at radius 3 is 0.854 bits per heavy atom. The summed E-state index contributed by atoms with van der Waals surface area (Å²) in [5.41, 5.74) is 1.70. The van der Waals surface area contributed by atoms with E-state index in [1.165, 1.54) is 205 Å². The van der Waals surface area contributed by atoms with Gasteiger partial charge in [-0.05, 0) is 375 Å².